The smallest absolute Gasteiger partial charge is 0.308 e. The summed E-state index contributed by atoms with van der Waals surface area (Å²) in [6.07, 6.45) is 1.05. The number of carbonyl (C=O) groups excluding carboxylic acids is 1. The van der Waals surface area contributed by atoms with Gasteiger partial charge < -0.3 is 9.84 Å². The molecular weight excluding hydrogens is 168 g/mol. The Balaban J connectivity index is 3.53. The van der Waals surface area contributed by atoms with Crippen LogP contribution in [-0.2, 0) is 9.53 Å². The van der Waals surface area contributed by atoms with Gasteiger partial charge in [0.2, 0.25) is 0 Å². The molecule has 3 nitrogen and oxygen atoms in total. The summed E-state index contributed by atoms with van der Waals surface area (Å²) in [6, 6.07) is 0. The van der Waals surface area contributed by atoms with E-state index in [-0.39, 0.29) is 12.4 Å². The van der Waals surface area contributed by atoms with Gasteiger partial charge in [-0.15, -0.1) is 0 Å². The Hall–Kier alpha value is -0.570. The molecule has 78 valence electrons. The minimum Gasteiger partial charge on any atom is -0.466 e. The molecule has 0 aliphatic heterocycles. The first-order valence-electron chi connectivity index (χ1n) is 4.90. The number of aliphatic hydroxyl groups excluding tert-OH is 1. The van der Waals surface area contributed by atoms with Crippen molar-refractivity contribution in [1.82, 2.24) is 0 Å². The highest BCUT2D eigenvalue weighted by molar-refractivity contribution is 5.69. The van der Waals surface area contributed by atoms with E-state index in [0.717, 1.165) is 6.42 Å². The van der Waals surface area contributed by atoms with Crippen LogP contribution in [-0.4, -0.2) is 23.8 Å². The molecule has 1 unspecified atom stereocenters. The van der Waals surface area contributed by atoms with Crippen LogP contribution >= 0.6 is 0 Å². The van der Waals surface area contributed by atoms with Gasteiger partial charge in [-0.3, -0.25) is 4.79 Å². The molecule has 0 spiro atoms. The van der Waals surface area contributed by atoms with Crippen molar-refractivity contribution in [2.24, 2.45) is 5.92 Å². The average Bonchev–Trinajstić information content (AvgIpc) is 1.98. The van der Waals surface area contributed by atoms with E-state index in [9.17, 15) is 9.90 Å². The van der Waals surface area contributed by atoms with Crippen LogP contribution in [0.3, 0.4) is 0 Å². The number of hydrogen-bond donors (Lipinski definition) is 1. The van der Waals surface area contributed by atoms with Crippen LogP contribution in [0.25, 0.3) is 0 Å². The van der Waals surface area contributed by atoms with Crippen molar-refractivity contribution in [2.75, 3.05) is 6.61 Å². The van der Waals surface area contributed by atoms with E-state index in [0.29, 0.717) is 18.9 Å². The predicted octanol–water partition coefficient (Wildman–Crippen LogP) is 1.74. The minimum absolute atomic E-state index is 0.123. The third kappa shape index (κ3) is 7.78. The lowest BCUT2D eigenvalue weighted by Gasteiger charge is -2.11. The summed E-state index contributed by atoms with van der Waals surface area (Å²) in [6.45, 7) is 6.42. The summed E-state index contributed by atoms with van der Waals surface area (Å²) in [4.78, 5) is 11.0. The van der Waals surface area contributed by atoms with Crippen molar-refractivity contribution in [3.8, 4) is 0 Å². The molecule has 0 radical (unpaired) electrons. The summed E-state index contributed by atoms with van der Waals surface area (Å²) in [5.74, 6) is 0.115. The second-order valence-corrected chi connectivity index (χ2v) is 3.71. The third-order valence-electron chi connectivity index (χ3n) is 1.61. The van der Waals surface area contributed by atoms with Gasteiger partial charge in [0, 0.05) is 0 Å². The Morgan fingerprint density at radius 3 is 2.54 bits per heavy atom. The van der Waals surface area contributed by atoms with Gasteiger partial charge in [-0.05, 0) is 18.8 Å². The van der Waals surface area contributed by atoms with Crippen molar-refractivity contribution in [3.05, 3.63) is 0 Å². The molecule has 0 bridgehead atoms. The molecule has 0 aromatic carbocycles. The first-order valence-corrected chi connectivity index (χ1v) is 4.90. The lowest BCUT2D eigenvalue weighted by molar-refractivity contribution is -0.146. The van der Waals surface area contributed by atoms with E-state index in [2.05, 4.69) is 0 Å². The van der Waals surface area contributed by atoms with Gasteiger partial charge in [-0.25, -0.2) is 0 Å². The van der Waals surface area contributed by atoms with Crippen molar-refractivity contribution in [2.45, 2.75) is 46.1 Å². The van der Waals surface area contributed by atoms with Crippen LogP contribution in [0.2, 0.25) is 0 Å². The quantitative estimate of drug-likeness (QED) is 0.646. The summed E-state index contributed by atoms with van der Waals surface area (Å²) in [5.41, 5.74) is 0. The van der Waals surface area contributed by atoms with Gasteiger partial charge in [0.05, 0.1) is 19.1 Å². The van der Waals surface area contributed by atoms with Crippen LogP contribution in [0.4, 0.5) is 0 Å². The van der Waals surface area contributed by atoms with E-state index < -0.39 is 6.10 Å². The Morgan fingerprint density at radius 2 is 2.08 bits per heavy atom. The third-order valence-corrected chi connectivity index (χ3v) is 1.61. The normalized spacial score (nSPS) is 13.0. The van der Waals surface area contributed by atoms with Gasteiger partial charge in [0.1, 0.15) is 0 Å². The fourth-order valence-electron chi connectivity index (χ4n) is 1.09. The first-order chi connectivity index (χ1) is 6.06. The SMILES string of the molecule is CCCOC(=O)CC(O)CC(C)C. The maximum atomic E-state index is 11.0. The Labute approximate surface area is 80.1 Å². The molecule has 0 aliphatic carbocycles. The van der Waals surface area contributed by atoms with E-state index >= 15 is 0 Å². The van der Waals surface area contributed by atoms with Crippen LogP contribution in [0.5, 0.6) is 0 Å². The van der Waals surface area contributed by atoms with Gasteiger partial charge in [-0.2, -0.15) is 0 Å². The largest absolute Gasteiger partial charge is 0.466 e. The topological polar surface area (TPSA) is 46.5 Å². The number of hydrogen-bond acceptors (Lipinski definition) is 3. The number of ether oxygens (including phenoxy) is 1. The highest BCUT2D eigenvalue weighted by Crippen LogP contribution is 2.08. The maximum Gasteiger partial charge on any atom is 0.308 e. The van der Waals surface area contributed by atoms with Gasteiger partial charge >= 0.3 is 5.97 Å². The molecule has 0 saturated carbocycles. The maximum absolute atomic E-state index is 11.0. The highest BCUT2D eigenvalue weighted by atomic mass is 16.5. The number of aliphatic hydroxyl groups is 1. The Bertz CT molecular complexity index is 143. The number of carbonyl (C=O) groups is 1. The lowest BCUT2D eigenvalue weighted by Crippen LogP contribution is -2.17. The second kappa shape index (κ2) is 6.89. The number of esters is 1. The molecule has 0 fully saturated rings. The standard InChI is InChI=1S/C10H20O3/c1-4-5-13-10(12)7-9(11)6-8(2)3/h8-9,11H,4-7H2,1-3H3. The van der Waals surface area contributed by atoms with Crippen molar-refractivity contribution in [1.29, 1.82) is 0 Å². The van der Waals surface area contributed by atoms with Crippen LogP contribution in [0.1, 0.15) is 40.0 Å². The van der Waals surface area contributed by atoms with E-state index in [1.807, 2.05) is 20.8 Å². The molecule has 0 aromatic rings. The first kappa shape index (κ1) is 12.4. The predicted molar refractivity (Wildman–Crippen MR) is 51.3 cm³/mol. The summed E-state index contributed by atoms with van der Waals surface area (Å²) >= 11 is 0. The minimum atomic E-state index is -0.552. The molecular formula is C10H20O3. The van der Waals surface area contributed by atoms with E-state index in [4.69, 9.17) is 4.74 Å². The zero-order chi connectivity index (χ0) is 10.3. The number of rotatable bonds is 6. The molecule has 0 aromatic heterocycles. The fraction of sp³-hybridized carbons (Fsp3) is 0.900. The molecule has 13 heavy (non-hydrogen) atoms. The van der Waals surface area contributed by atoms with E-state index in [1.54, 1.807) is 0 Å². The lowest BCUT2D eigenvalue weighted by atomic mass is 10.0. The molecule has 3 heteroatoms. The molecule has 0 rings (SSSR count). The zero-order valence-electron chi connectivity index (χ0n) is 8.75. The monoisotopic (exact) mass is 188 g/mol. The molecule has 1 atom stereocenters. The molecule has 0 aliphatic rings. The van der Waals surface area contributed by atoms with Crippen molar-refractivity contribution < 1.29 is 14.6 Å². The molecule has 0 heterocycles. The summed E-state index contributed by atoms with van der Waals surface area (Å²) in [7, 11) is 0. The highest BCUT2D eigenvalue weighted by Gasteiger charge is 2.12. The molecule has 0 amide bonds. The molecule has 0 saturated heterocycles. The summed E-state index contributed by atoms with van der Waals surface area (Å²) in [5, 5.41) is 9.39. The van der Waals surface area contributed by atoms with E-state index in [1.165, 1.54) is 0 Å². The van der Waals surface area contributed by atoms with Gasteiger partial charge in [-0.1, -0.05) is 20.8 Å². The van der Waals surface area contributed by atoms with Crippen LogP contribution in [0, 0.1) is 5.92 Å². The Morgan fingerprint density at radius 1 is 1.46 bits per heavy atom. The van der Waals surface area contributed by atoms with Gasteiger partial charge in [0.15, 0.2) is 0 Å². The summed E-state index contributed by atoms with van der Waals surface area (Å²) < 4.78 is 4.84. The average molecular weight is 188 g/mol. The fourth-order valence-corrected chi connectivity index (χ4v) is 1.09. The van der Waals surface area contributed by atoms with Crippen molar-refractivity contribution in [3.63, 3.8) is 0 Å². The Kier molecular flexibility index (Phi) is 6.59. The van der Waals surface area contributed by atoms with Crippen LogP contribution in [0.15, 0.2) is 0 Å². The van der Waals surface area contributed by atoms with Gasteiger partial charge in [0.25, 0.3) is 0 Å². The zero-order valence-corrected chi connectivity index (χ0v) is 8.75. The molecule has 1 N–H and O–H groups in total. The van der Waals surface area contributed by atoms with Crippen LogP contribution < -0.4 is 0 Å². The van der Waals surface area contributed by atoms with Crippen molar-refractivity contribution >= 4 is 5.97 Å². The second-order valence-electron chi connectivity index (χ2n) is 3.71.